The average molecular weight is 346 g/mol. The molecule has 1 amide bonds. The number of rotatable bonds is 6. The zero-order valence-electron chi connectivity index (χ0n) is 12.9. The molecule has 2 aromatic carbocycles. The van der Waals surface area contributed by atoms with Gasteiger partial charge < -0.3 is 10.1 Å². The number of carbonyl (C=O) groups is 1. The minimum Gasteiger partial charge on any atom is -0.453 e. The van der Waals surface area contributed by atoms with Gasteiger partial charge in [-0.05, 0) is 24.3 Å². The Morgan fingerprint density at radius 2 is 2.04 bits per heavy atom. The molecule has 1 atom stereocenters. The smallest absolute Gasteiger partial charge is 0.225 e. The number of carbonyl (C=O) groups excluding carboxylic acids is 1. The van der Waals surface area contributed by atoms with Crippen LogP contribution in [0.4, 0.5) is 10.1 Å². The van der Waals surface area contributed by atoms with E-state index >= 15 is 0 Å². The van der Waals surface area contributed by atoms with Gasteiger partial charge in [0.05, 0.1) is 5.56 Å². The van der Waals surface area contributed by atoms with Crippen LogP contribution < -0.4 is 10.1 Å². The standard InChI is InChI=1S/C17H15FN2O3S/c1-24(22)9-8-17(21)20-13-6-7-16(14(18)10-13)23-15-5-3-2-4-12(15)11-19/h2-7,10H,8-9H2,1H3,(H,20,21)/t24-/m1/s1. The van der Waals surface area contributed by atoms with Crippen molar-refractivity contribution < 1.29 is 18.1 Å². The molecule has 124 valence electrons. The minimum absolute atomic E-state index is 0.0506. The first-order valence-corrected chi connectivity index (χ1v) is 8.78. The summed E-state index contributed by atoms with van der Waals surface area (Å²) in [6.45, 7) is 0. The number of hydrogen-bond acceptors (Lipinski definition) is 4. The predicted molar refractivity (Wildman–Crippen MR) is 89.8 cm³/mol. The summed E-state index contributed by atoms with van der Waals surface area (Å²) in [4.78, 5) is 11.7. The van der Waals surface area contributed by atoms with Crippen LogP contribution in [0.3, 0.4) is 0 Å². The topological polar surface area (TPSA) is 79.2 Å². The molecule has 0 aliphatic heterocycles. The molecule has 0 aromatic heterocycles. The van der Waals surface area contributed by atoms with Crippen molar-refractivity contribution in [3.63, 3.8) is 0 Å². The lowest BCUT2D eigenvalue weighted by Gasteiger charge is -2.10. The molecule has 0 saturated heterocycles. The van der Waals surface area contributed by atoms with Crippen LogP contribution >= 0.6 is 0 Å². The average Bonchev–Trinajstić information content (AvgIpc) is 2.56. The predicted octanol–water partition coefficient (Wildman–Crippen LogP) is 3.20. The van der Waals surface area contributed by atoms with Crippen LogP contribution in [0, 0.1) is 17.1 Å². The third kappa shape index (κ3) is 4.89. The number of nitrogens with zero attached hydrogens (tertiary/aromatic N) is 1. The summed E-state index contributed by atoms with van der Waals surface area (Å²) in [7, 11) is -1.06. The summed E-state index contributed by atoms with van der Waals surface area (Å²) in [6, 6.07) is 12.5. The van der Waals surface area contributed by atoms with Crippen molar-refractivity contribution >= 4 is 22.4 Å². The van der Waals surface area contributed by atoms with Crippen LogP contribution in [0.5, 0.6) is 11.5 Å². The Bertz CT molecular complexity index is 818. The summed E-state index contributed by atoms with van der Waals surface area (Å²) in [6.07, 6.45) is 1.61. The Hall–Kier alpha value is -2.72. The molecule has 2 rings (SSSR count). The van der Waals surface area contributed by atoms with Crippen molar-refractivity contribution in [1.82, 2.24) is 0 Å². The van der Waals surface area contributed by atoms with E-state index in [9.17, 15) is 13.4 Å². The van der Waals surface area contributed by atoms with Gasteiger partial charge >= 0.3 is 0 Å². The lowest BCUT2D eigenvalue weighted by atomic mass is 10.2. The molecule has 0 saturated carbocycles. The molecule has 24 heavy (non-hydrogen) atoms. The third-order valence-electron chi connectivity index (χ3n) is 3.06. The van der Waals surface area contributed by atoms with Gasteiger partial charge in [-0.15, -0.1) is 0 Å². The van der Waals surface area contributed by atoms with Crippen LogP contribution in [-0.4, -0.2) is 22.1 Å². The second-order valence-corrected chi connectivity index (χ2v) is 6.49. The fraction of sp³-hybridized carbons (Fsp3) is 0.176. The van der Waals surface area contributed by atoms with Crippen LogP contribution in [0.1, 0.15) is 12.0 Å². The van der Waals surface area contributed by atoms with Crippen LogP contribution in [-0.2, 0) is 15.6 Å². The Kier molecular flexibility index (Phi) is 6.04. The SMILES string of the molecule is C[S@@](=O)CCC(=O)Nc1ccc(Oc2ccccc2C#N)c(F)c1. The molecule has 0 fully saturated rings. The van der Waals surface area contributed by atoms with Gasteiger partial charge in [0, 0.05) is 41.0 Å². The highest BCUT2D eigenvalue weighted by molar-refractivity contribution is 7.84. The molecule has 0 bridgehead atoms. The fourth-order valence-corrected chi connectivity index (χ4v) is 2.36. The molecule has 5 nitrogen and oxygen atoms in total. The van der Waals surface area contributed by atoms with Crippen molar-refractivity contribution in [2.24, 2.45) is 0 Å². The van der Waals surface area contributed by atoms with E-state index in [1.165, 1.54) is 18.4 Å². The maximum absolute atomic E-state index is 14.1. The molecule has 0 unspecified atom stereocenters. The van der Waals surface area contributed by atoms with Crippen molar-refractivity contribution in [3.05, 3.63) is 53.8 Å². The Morgan fingerprint density at radius 3 is 2.71 bits per heavy atom. The van der Waals surface area contributed by atoms with Gasteiger partial charge in [-0.2, -0.15) is 5.26 Å². The number of hydrogen-bond donors (Lipinski definition) is 1. The highest BCUT2D eigenvalue weighted by atomic mass is 32.2. The summed E-state index contributed by atoms with van der Waals surface area (Å²) in [5.74, 6) is -0.556. The zero-order valence-corrected chi connectivity index (χ0v) is 13.7. The number of amides is 1. The van der Waals surface area contributed by atoms with E-state index in [4.69, 9.17) is 10.00 Å². The van der Waals surface area contributed by atoms with Crippen LogP contribution in [0.25, 0.3) is 0 Å². The van der Waals surface area contributed by atoms with Gasteiger partial charge in [0.25, 0.3) is 0 Å². The summed E-state index contributed by atoms with van der Waals surface area (Å²) >= 11 is 0. The maximum atomic E-state index is 14.1. The highest BCUT2D eigenvalue weighted by Crippen LogP contribution is 2.28. The number of benzene rings is 2. The molecule has 0 radical (unpaired) electrons. The molecular formula is C17H15FN2O3S. The molecule has 1 N–H and O–H groups in total. The van der Waals surface area contributed by atoms with E-state index in [0.717, 1.165) is 6.07 Å². The van der Waals surface area contributed by atoms with Gasteiger partial charge in [-0.1, -0.05) is 12.1 Å². The second kappa shape index (κ2) is 8.22. The number of para-hydroxylation sites is 1. The number of nitriles is 1. The third-order valence-corrected chi connectivity index (χ3v) is 3.84. The molecule has 2 aromatic rings. The van der Waals surface area contributed by atoms with Gasteiger partial charge in [0.2, 0.25) is 5.91 Å². The van der Waals surface area contributed by atoms with E-state index in [1.54, 1.807) is 24.3 Å². The van der Waals surface area contributed by atoms with E-state index in [1.807, 2.05) is 6.07 Å². The normalized spacial score (nSPS) is 11.4. The number of ether oxygens (including phenoxy) is 1. The molecular weight excluding hydrogens is 331 g/mol. The number of nitrogens with one attached hydrogen (secondary N) is 1. The summed E-state index contributed by atoms with van der Waals surface area (Å²) in [5.41, 5.74) is 0.571. The summed E-state index contributed by atoms with van der Waals surface area (Å²) in [5, 5.41) is 11.5. The lowest BCUT2D eigenvalue weighted by molar-refractivity contribution is -0.115. The first-order chi connectivity index (χ1) is 11.5. The van der Waals surface area contributed by atoms with Crippen LogP contribution in [0.2, 0.25) is 0 Å². The van der Waals surface area contributed by atoms with Crippen LogP contribution in [0.15, 0.2) is 42.5 Å². The van der Waals surface area contributed by atoms with Crippen molar-refractivity contribution in [2.75, 3.05) is 17.3 Å². The van der Waals surface area contributed by atoms with Crippen molar-refractivity contribution in [3.8, 4) is 17.6 Å². The Labute approximate surface area is 141 Å². The monoisotopic (exact) mass is 346 g/mol. The molecule has 0 aliphatic rings. The Morgan fingerprint density at radius 1 is 1.29 bits per heavy atom. The summed E-state index contributed by atoms with van der Waals surface area (Å²) < 4.78 is 30.5. The van der Waals surface area contributed by atoms with Crippen molar-refractivity contribution in [1.29, 1.82) is 5.26 Å². The van der Waals surface area contributed by atoms with Gasteiger partial charge in [-0.3, -0.25) is 9.00 Å². The van der Waals surface area contributed by atoms with Gasteiger partial charge in [-0.25, -0.2) is 4.39 Å². The number of halogens is 1. The van der Waals surface area contributed by atoms with Gasteiger partial charge in [0.1, 0.15) is 11.8 Å². The fourth-order valence-electron chi connectivity index (χ4n) is 1.89. The van der Waals surface area contributed by atoms with E-state index in [-0.39, 0.29) is 35.3 Å². The highest BCUT2D eigenvalue weighted by Gasteiger charge is 2.10. The first kappa shape index (κ1) is 17.6. The first-order valence-electron chi connectivity index (χ1n) is 7.06. The number of anilines is 1. The van der Waals surface area contributed by atoms with E-state index in [0.29, 0.717) is 5.56 Å². The van der Waals surface area contributed by atoms with E-state index in [2.05, 4.69) is 5.32 Å². The molecule has 7 heteroatoms. The maximum Gasteiger partial charge on any atom is 0.225 e. The molecule has 0 aliphatic carbocycles. The minimum atomic E-state index is -1.06. The largest absolute Gasteiger partial charge is 0.453 e. The van der Waals surface area contributed by atoms with Crippen molar-refractivity contribution in [2.45, 2.75) is 6.42 Å². The lowest BCUT2D eigenvalue weighted by Crippen LogP contribution is -2.14. The Balaban J connectivity index is 2.08. The van der Waals surface area contributed by atoms with Gasteiger partial charge in [0.15, 0.2) is 11.6 Å². The zero-order chi connectivity index (χ0) is 17.5. The second-order valence-electron chi connectivity index (χ2n) is 4.93. The quantitative estimate of drug-likeness (QED) is 0.871. The van der Waals surface area contributed by atoms with E-state index < -0.39 is 16.6 Å². The molecule has 0 spiro atoms. The molecule has 0 heterocycles.